The van der Waals surface area contributed by atoms with E-state index in [0.29, 0.717) is 11.3 Å². The molecule has 4 aliphatic rings. The molecule has 126 valence electrons. The molecular formula is C20H34O2. The topological polar surface area (TPSA) is 40.5 Å². The van der Waals surface area contributed by atoms with Crippen molar-refractivity contribution < 1.29 is 10.2 Å². The van der Waals surface area contributed by atoms with Gasteiger partial charge in [0.15, 0.2) is 0 Å². The van der Waals surface area contributed by atoms with Gasteiger partial charge in [-0.2, -0.15) is 0 Å². The highest BCUT2D eigenvalue weighted by atomic mass is 16.3. The number of aliphatic hydroxyl groups excluding tert-OH is 2. The zero-order chi connectivity index (χ0) is 15.7. The summed E-state index contributed by atoms with van der Waals surface area (Å²) in [7, 11) is 0. The van der Waals surface area contributed by atoms with E-state index in [2.05, 4.69) is 20.8 Å². The number of fused-ring (bicyclic) bond motifs is 5. The van der Waals surface area contributed by atoms with Gasteiger partial charge in [-0.3, -0.25) is 0 Å². The predicted molar refractivity (Wildman–Crippen MR) is 88.3 cm³/mol. The Morgan fingerprint density at radius 1 is 0.864 bits per heavy atom. The van der Waals surface area contributed by atoms with Crippen LogP contribution in [-0.2, 0) is 0 Å². The Kier molecular flexibility index (Phi) is 3.48. The first-order valence-corrected chi connectivity index (χ1v) is 9.73. The fraction of sp³-hybridized carbons (Fsp3) is 1.00. The third kappa shape index (κ3) is 1.86. The minimum atomic E-state index is -0.0632. The first-order chi connectivity index (χ1) is 10.4. The highest BCUT2D eigenvalue weighted by Crippen LogP contribution is 2.67. The second-order valence-electron chi connectivity index (χ2n) is 9.68. The van der Waals surface area contributed by atoms with Gasteiger partial charge in [-0.25, -0.2) is 0 Å². The lowest BCUT2D eigenvalue weighted by Crippen LogP contribution is -2.57. The zero-order valence-electron chi connectivity index (χ0n) is 14.6. The minimum absolute atomic E-state index is 0.0606. The van der Waals surface area contributed by atoms with E-state index in [0.717, 1.165) is 42.9 Å². The molecule has 0 aromatic heterocycles. The van der Waals surface area contributed by atoms with Crippen molar-refractivity contribution in [3.63, 3.8) is 0 Å². The fourth-order valence-electron chi connectivity index (χ4n) is 7.67. The third-order valence-corrected chi connectivity index (χ3v) is 9.16. The van der Waals surface area contributed by atoms with Gasteiger partial charge in [0.25, 0.3) is 0 Å². The van der Waals surface area contributed by atoms with Gasteiger partial charge in [-0.1, -0.05) is 20.8 Å². The lowest BCUT2D eigenvalue weighted by Gasteiger charge is -2.62. The summed E-state index contributed by atoms with van der Waals surface area (Å²) in [5.41, 5.74) is 0.624. The van der Waals surface area contributed by atoms with Crippen molar-refractivity contribution in [1.82, 2.24) is 0 Å². The first-order valence-electron chi connectivity index (χ1n) is 9.73. The molecule has 9 atom stereocenters. The Morgan fingerprint density at radius 3 is 2.41 bits per heavy atom. The molecule has 22 heavy (non-hydrogen) atoms. The van der Waals surface area contributed by atoms with Crippen LogP contribution in [0.1, 0.15) is 72.1 Å². The average Bonchev–Trinajstić information content (AvgIpc) is 2.77. The first kappa shape index (κ1) is 15.4. The normalized spacial score (nSPS) is 61.2. The largest absolute Gasteiger partial charge is 0.393 e. The van der Waals surface area contributed by atoms with Crippen LogP contribution in [0.5, 0.6) is 0 Å². The number of rotatable bonds is 0. The Labute approximate surface area is 135 Å². The van der Waals surface area contributed by atoms with Crippen LogP contribution < -0.4 is 0 Å². The van der Waals surface area contributed by atoms with Crippen molar-refractivity contribution in [1.29, 1.82) is 0 Å². The maximum Gasteiger partial charge on any atom is 0.0596 e. The summed E-state index contributed by atoms with van der Waals surface area (Å²) in [5.74, 6) is 3.78. The summed E-state index contributed by atoms with van der Waals surface area (Å²) in [6.45, 7) is 7.32. The van der Waals surface area contributed by atoms with Crippen molar-refractivity contribution in [3.8, 4) is 0 Å². The summed E-state index contributed by atoms with van der Waals surface area (Å²) < 4.78 is 0. The number of hydrogen-bond donors (Lipinski definition) is 2. The molecular weight excluding hydrogens is 272 g/mol. The third-order valence-electron chi connectivity index (χ3n) is 9.16. The van der Waals surface area contributed by atoms with E-state index >= 15 is 0 Å². The molecule has 0 aliphatic heterocycles. The van der Waals surface area contributed by atoms with Crippen molar-refractivity contribution >= 4 is 0 Å². The molecule has 0 radical (unpaired) electrons. The Hall–Kier alpha value is -0.0800. The van der Waals surface area contributed by atoms with Crippen molar-refractivity contribution in [2.45, 2.75) is 84.3 Å². The second-order valence-corrected chi connectivity index (χ2v) is 9.68. The molecule has 0 spiro atoms. The van der Waals surface area contributed by atoms with Crippen LogP contribution in [0, 0.1) is 40.4 Å². The summed E-state index contributed by atoms with van der Waals surface area (Å²) in [6, 6.07) is 0. The van der Waals surface area contributed by atoms with E-state index in [9.17, 15) is 10.2 Å². The number of hydrogen-bond acceptors (Lipinski definition) is 2. The van der Waals surface area contributed by atoms with Crippen molar-refractivity contribution in [2.75, 3.05) is 0 Å². The van der Waals surface area contributed by atoms with E-state index < -0.39 is 0 Å². The second kappa shape index (κ2) is 4.96. The highest BCUT2D eigenvalue weighted by Gasteiger charge is 2.61. The molecule has 4 rings (SSSR count). The summed E-state index contributed by atoms with van der Waals surface area (Å²) in [6.07, 6.45) is 9.37. The van der Waals surface area contributed by atoms with Gasteiger partial charge < -0.3 is 10.2 Å². The van der Waals surface area contributed by atoms with E-state index in [4.69, 9.17) is 0 Å². The van der Waals surface area contributed by atoms with Crippen LogP contribution in [0.2, 0.25) is 0 Å². The summed E-state index contributed by atoms with van der Waals surface area (Å²) >= 11 is 0. The Bertz CT molecular complexity index is 449. The van der Waals surface area contributed by atoms with E-state index in [1.165, 1.54) is 32.1 Å². The van der Waals surface area contributed by atoms with Gasteiger partial charge in [0.2, 0.25) is 0 Å². The van der Waals surface area contributed by atoms with Gasteiger partial charge in [-0.05, 0) is 91.8 Å². The van der Waals surface area contributed by atoms with E-state index in [1.807, 2.05) is 0 Å². The molecule has 4 saturated carbocycles. The van der Waals surface area contributed by atoms with Gasteiger partial charge >= 0.3 is 0 Å². The lowest BCUT2D eigenvalue weighted by molar-refractivity contribution is -0.156. The maximum absolute atomic E-state index is 10.5. The molecule has 0 bridgehead atoms. The molecule has 0 saturated heterocycles. The smallest absolute Gasteiger partial charge is 0.0596 e. The lowest BCUT2D eigenvalue weighted by atomic mass is 9.43. The average molecular weight is 306 g/mol. The molecule has 2 N–H and O–H groups in total. The van der Waals surface area contributed by atoms with Gasteiger partial charge in [0.05, 0.1) is 12.2 Å². The molecule has 2 nitrogen and oxygen atoms in total. The fourth-order valence-corrected chi connectivity index (χ4v) is 7.67. The molecule has 0 heterocycles. The zero-order valence-corrected chi connectivity index (χ0v) is 14.6. The standard InChI is InChI=1S/C20H34O2/c1-12-10-14(21)11-13-4-5-15-16-6-7-18(22)19(16,2)9-8-17(15)20(12,13)3/h12-18,21-22H,4-11H2,1-3H3. The Balaban J connectivity index is 1.66. The summed E-state index contributed by atoms with van der Waals surface area (Å²) in [4.78, 5) is 0. The van der Waals surface area contributed by atoms with Gasteiger partial charge in [0.1, 0.15) is 0 Å². The summed E-state index contributed by atoms with van der Waals surface area (Å²) in [5, 5.41) is 20.7. The molecule has 4 fully saturated rings. The van der Waals surface area contributed by atoms with Crippen LogP contribution >= 0.6 is 0 Å². The number of aliphatic hydroxyl groups is 2. The van der Waals surface area contributed by atoms with Gasteiger partial charge in [0, 0.05) is 0 Å². The van der Waals surface area contributed by atoms with Crippen molar-refractivity contribution in [2.24, 2.45) is 40.4 Å². The van der Waals surface area contributed by atoms with Crippen LogP contribution in [0.25, 0.3) is 0 Å². The molecule has 0 aromatic rings. The Morgan fingerprint density at radius 2 is 1.64 bits per heavy atom. The van der Waals surface area contributed by atoms with E-state index in [-0.39, 0.29) is 17.6 Å². The minimum Gasteiger partial charge on any atom is -0.393 e. The monoisotopic (exact) mass is 306 g/mol. The molecule has 0 aromatic carbocycles. The van der Waals surface area contributed by atoms with Crippen molar-refractivity contribution in [3.05, 3.63) is 0 Å². The maximum atomic E-state index is 10.5. The SMILES string of the molecule is CC1CC(O)CC2CCC3C4CCC(O)C4(C)CCC3C12C. The van der Waals surface area contributed by atoms with Crippen LogP contribution in [0.3, 0.4) is 0 Å². The molecule has 9 unspecified atom stereocenters. The molecule has 4 aliphatic carbocycles. The van der Waals surface area contributed by atoms with Crippen LogP contribution in [0.15, 0.2) is 0 Å². The predicted octanol–water partition coefficient (Wildman–Crippen LogP) is 4.00. The van der Waals surface area contributed by atoms with Gasteiger partial charge in [-0.15, -0.1) is 0 Å². The van der Waals surface area contributed by atoms with Crippen LogP contribution in [0.4, 0.5) is 0 Å². The van der Waals surface area contributed by atoms with E-state index in [1.54, 1.807) is 0 Å². The quantitative estimate of drug-likeness (QED) is 0.710. The molecule has 2 heteroatoms. The van der Waals surface area contributed by atoms with Crippen LogP contribution in [-0.4, -0.2) is 22.4 Å². The highest BCUT2D eigenvalue weighted by molar-refractivity contribution is 5.10. The molecule has 0 amide bonds.